The molecule has 0 unspecified atom stereocenters. The van der Waals surface area contributed by atoms with Crippen molar-refractivity contribution in [3.05, 3.63) is 75.2 Å². The van der Waals surface area contributed by atoms with Crippen LogP contribution in [0.4, 0.5) is 0 Å². The molecule has 1 aliphatic rings. The summed E-state index contributed by atoms with van der Waals surface area (Å²) < 4.78 is 3.11. The van der Waals surface area contributed by atoms with Gasteiger partial charge < -0.3 is 24.8 Å². The third-order valence-corrected chi connectivity index (χ3v) is 8.65. The maximum absolute atomic E-state index is 3.74. The van der Waals surface area contributed by atoms with Gasteiger partial charge in [-0.25, -0.2) is 0 Å². The molecule has 1 N–H and O–H groups in total. The summed E-state index contributed by atoms with van der Waals surface area (Å²) in [6.45, 7) is 8.97. The Balaban J connectivity index is 0.00000121. The standard InChI is InChI=1S/C12H11.C10H10N.2ClH.Zr/c1-9(2)12-7-10-5-3-4-6-11(10)8-12;1-7-4-3-5-9-10(7)8(2)6-11-9;;;/h3-7H,1-2H3;3-5,11H,1-2H3;2*1H;/q;;;;+2/p-2. The van der Waals surface area contributed by atoms with Crippen molar-refractivity contribution >= 4 is 23.7 Å². The molecule has 3 aromatic rings. The fourth-order valence-corrected chi connectivity index (χ4v) is 7.51. The SMILES string of the molecule is CC(C)=C1C=c2ccccc2=[C]1[Zr+2][c]1[nH]c2cccc(C)c2c1C.[Cl-].[Cl-]. The van der Waals surface area contributed by atoms with Gasteiger partial charge in [-0.05, 0) is 0 Å². The summed E-state index contributed by atoms with van der Waals surface area (Å²) in [5.41, 5.74) is 7.01. The summed E-state index contributed by atoms with van der Waals surface area (Å²) in [7, 11) is 0. The van der Waals surface area contributed by atoms with E-state index in [1.54, 1.807) is 3.28 Å². The Kier molecular flexibility index (Phi) is 6.77. The number of rotatable bonds is 2. The predicted octanol–water partition coefficient (Wildman–Crippen LogP) is -2.56. The van der Waals surface area contributed by atoms with E-state index in [1.807, 2.05) is 0 Å². The predicted molar refractivity (Wildman–Crippen MR) is 99.3 cm³/mol. The van der Waals surface area contributed by atoms with Gasteiger partial charge in [-0.15, -0.1) is 0 Å². The number of hydrogen-bond acceptors (Lipinski definition) is 0. The number of aromatic amines is 1. The van der Waals surface area contributed by atoms with E-state index >= 15 is 0 Å². The Morgan fingerprint density at radius 2 is 1.65 bits per heavy atom. The topological polar surface area (TPSA) is 15.8 Å². The first kappa shape index (κ1) is 21.2. The number of nitrogens with one attached hydrogen (secondary N) is 1. The van der Waals surface area contributed by atoms with Crippen LogP contribution in [0.1, 0.15) is 25.0 Å². The van der Waals surface area contributed by atoms with Crippen LogP contribution in [0.15, 0.2) is 53.6 Å². The maximum Gasteiger partial charge on any atom is -1.00 e. The van der Waals surface area contributed by atoms with Gasteiger partial charge in [0, 0.05) is 0 Å². The van der Waals surface area contributed by atoms with Crippen molar-refractivity contribution in [2.45, 2.75) is 27.7 Å². The molecule has 0 saturated heterocycles. The van der Waals surface area contributed by atoms with Crippen LogP contribution in [0.25, 0.3) is 20.3 Å². The molecule has 132 valence electrons. The summed E-state index contributed by atoms with van der Waals surface area (Å²) in [6, 6.07) is 15.4. The maximum atomic E-state index is 3.74. The van der Waals surface area contributed by atoms with Gasteiger partial charge in [0.2, 0.25) is 0 Å². The van der Waals surface area contributed by atoms with Crippen molar-refractivity contribution in [3.63, 3.8) is 0 Å². The largest absolute Gasteiger partial charge is 1.00 e. The van der Waals surface area contributed by atoms with E-state index in [0.29, 0.717) is 0 Å². The minimum atomic E-state index is -0.906. The van der Waals surface area contributed by atoms with Crippen LogP contribution in [-0.4, -0.2) is 4.98 Å². The monoisotopic (exact) mass is 459 g/mol. The molecule has 0 atom stereocenters. The fraction of sp³-hybridized carbons (Fsp3) is 0.182. The van der Waals surface area contributed by atoms with E-state index in [0.717, 1.165) is 0 Å². The molecule has 0 bridgehead atoms. The normalized spacial score (nSPS) is 12.0. The molecule has 0 radical (unpaired) electrons. The molecule has 1 nitrogen and oxygen atoms in total. The van der Waals surface area contributed by atoms with Crippen molar-refractivity contribution in [3.8, 4) is 0 Å². The molecule has 26 heavy (non-hydrogen) atoms. The molecule has 0 spiro atoms. The number of H-pyrrole nitrogens is 1. The number of allylic oxidation sites excluding steroid dienone is 2. The quantitative estimate of drug-likeness (QED) is 0.433. The van der Waals surface area contributed by atoms with E-state index in [1.165, 1.54) is 47.0 Å². The summed E-state index contributed by atoms with van der Waals surface area (Å²) in [4.78, 5) is 3.74. The van der Waals surface area contributed by atoms with Crippen LogP contribution in [0.3, 0.4) is 0 Å². The number of aryl methyl sites for hydroxylation is 2. The van der Waals surface area contributed by atoms with Crippen molar-refractivity contribution < 1.29 is 48.0 Å². The van der Waals surface area contributed by atoms with Gasteiger partial charge in [0.15, 0.2) is 0 Å². The molecule has 1 aliphatic carbocycles. The number of aromatic nitrogens is 1. The van der Waals surface area contributed by atoms with Crippen LogP contribution in [-0.2, 0) is 23.2 Å². The Morgan fingerprint density at radius 1 is 0.923 bits per heavy atom. The Hall–Kier alpha value is -1.08. The molecular formula is C22H21Cl2NZr. The summed E-state index contributed by atoms with van der Waals surface area (Å²) >= 11 is -0.906. The molecular weight excluding hydrogens is 440 g/mol. The molecule has 1 heterocycles. The van der Waals surface area contributed by atoms with E-state index < -0.39 is 23.2 Å². The molecule has 4 heteroatoms. The van der Waals surface area contributed by atoms with E-state index in [9.17, 15) is 0 Å². The molecule has 4 rings (SSSR count). The van der Waals surface area contributed by atoms with Crippen molar-refractivity contribution in [1.82, 2.24) is 4.98 Å². The van der Waals surface area contributed by atoms with Gasteiger partial charge in [-0.1, -0.05) is 0 Å². The second kappa shape index (κ2) is 8.30. The molecule has 0 fully saturated rings. The average Bonchev–Trinajstić information content (AvgIpc) is 3.08. The zero-order valence-corrected chi connectivity index (χ0v) is 19.3. The summed E-state index contributed by atoms with van der Waals surface area (Å²) in [5, 5.41) is 4.26. The molecule has 0 amide bonds. The zero-order valence-electron chi connectivity index (χ0n) is 15.4. The third-order valence-electron chi connectivity index (χ3n) is 4.87. The minimum absolute atomic E-state index is 0. The summed E-state index contributed by atoms with van der Waals surface area (Å²) in [5.74, 6) is 0. The number of benzene rings is 2. The van der Waals surface area contributed by atoms with Gasteiger partial charge in [0.05, 0.1) is 0 Å². The number of halogens is 2. The first-order valence-electron chi connectivity index (χ1n) is 8.40. The fourth-order valence-electron chi connectivity index (χ4n) is 3.63. The molecule has 0 aliphatic heterocycles. The van der Waals surface area contributed by atoms with Crippen LogP contribution >= 0.6 is 0 Å². The molecule has 1 aromatic heterocycles. The van der Waals surface area contributed by atoms with Crippen LogP contribution in [0, 0.1) is 13.8 Å². The van der Waals surface area contributed by atoms with Gasteiger partial charge >= 0.3 is 155 Å². The second-order valence-electron chi connectivity index (χ2n) is 6.77. The Morgan fingerprint density at radius 3 is 2.35 bits per heavy atom. The first-order valence-corrected chi connectivity index (χ1v) is 10.9. The smallest absolute Gasteiger partial charge is 1.00 e. The van der Waals surface area contributed by atoms with Gasteiger partial charge in [-0.2, -0.15) is 0 Å². The average molecular weight is 462 g/mol. The van der Waals surface area contributed by atoms with E-state index in [4.69, 9.17) is 0 Å². The Labute approximate surface area is 178 Å². The van der Waals surface area contributed by atoms with Gasteiger partial charge in [-0.3, -0.25) is 0 Å². The molecule has 0 saturated carbocycles. The van der Waals surface area contributed by atoms with E-state index in [2.05, 4.69) is 81.2 Å². The van der Waals surface area contributed by atoms with Crippen LogP contribution in [0.2, 0.25) is 0 Å². The van der Waals surface area contributed by atoms with E-state index in [-0.39, 0.29) is 24.8 Å². The molecule has 2 aromatic carbocycles. The van der Waals surface area contributed by atoms with Gasteiger partial charge in [0.25, 0.3) is 0 Å². The first-order chi connectivity index (χ1) is 11.6. The van der Waals surface area contributed by atoms with Crippen molar-refractivity contribution in [1.29, 1.82) is 0 Å². The van der Waals surface area contributed by atoms with Crippen molar-refractivity contribution in [2.24, 2.45) is 0 Å². The van der Waals surface area contributed by atoms with Gasteiger partial charge in [0.1, 0.15) is 0 Å². The number of fused-ring (bicyclic) bond motifs is 2. The Bertz CT molecular complexity index is 1120. The van der Waals surface area contributed by atoms with Crippen molar-refractivity contribution in [2.75, 3.05) is 0 Å². The number of hydrogen-bond donors (Lipinski definition) is 1. The van der Waals surface area contributed by atoms with Crippen LogP contribution < -0.4 is 38.7 Å². The zero-order chi connectivity index (χ0) is 16.8. The second-order valence-corrected chi connectivity index (χ2v) is 9.84. The third kappa shape index (κ3) is 3.52. The summed E-state index contributed by atoms with van der Waals surface area (Å²) in [6.07, 6.45) is 2.38. The minimum Gasteiger partial charge on any atom is -1.00 e. The van der Waals surface area contributed by atoms with Crippen LogP contribution in [0.5, 0.6) is 0 Å².